The van der Waals surface area contributed by atoms with Crippen molar-refractivity contribution in [2.24, 2.45) is 5.92 Å². The number of nitrogens with zero attached hydrogens (tertiary/aromatic N) is 2. The molecular weight excluding hydrogens is 516 g/mol. The Morgan fingerprint density at radius 1 is 0.690 bits per heavy atom. The van der Waals surface area contributed by atoms with Gasteiger partial charge in [0.25, 0.3) is 0 Å². The minimum absolute atomic E-state index is 0.358. The second-order valence-electron chi connectivity index (χ2n) is 13.5. The molecule has 3 aromatic carbocycles. The summed E-state index contributed by atoms with van der Waals surface area (Å²) in [4.78, 5) is 16.9. The molecule has 4 N–H and O–H groups in total. The maximum absolute atomic E-state index is 4.92. The standard InChI is InChI=1S/C36H36N6/c1-2-28(37-13-1)36-40-27-12-9-21(15-30(27)41-36)26-11-10-25(33-22-7-8-23(14-22)34(26)33)19-3-5-20(6-4-19)32-18-38-35(42-32)31-17-24-16-29(24)39-31/h3-6,9-12,15,18,22-24,28-29,31,37,39H,1-2,7-8,13-14,16-17H2,(H,38,42)(H,40,41). The Kier molecular flexibility index (Phi) is 5.03. The summed E-state index contributed by atoms with van der Waals surface area (Å²) in [6.07, 6.45) is 10.9. The van der Waals surface area contributed by atoms with E-state index in [2.05, 4.69) is 75.2 Å². The van der Waals surface area contributed by atoms with Gasteiger partial charge in [0.2, 0.25) is 0 Å². The summed E-state index contributed by atoms with van der Waals surface area (Å²) < 4.78 is 0. The zero-order valence-electron chi connectivity index (χ0n) is 23.8. The topological polar surface area (TPSA) is 81.4 Å². The first-order valence-corrected chi connectivity index (χ1v) is 16.1. The van der Waals surface area contributed by atoms with Crippen LogP contribution in [0.3, 0.4) is 0 Å². The Labute approximate surface area is 245 Å². The Bertz CT molecular complexity index is 1830. The van der Waals surface area contributed by atoms with E-state index >= 15 is 0 Å². The molecule has 5 aromatic rings. The van der Waals surface area contributed by atoms with Crippen LogP contribution in [0.25, 0.3) is 44.5 Å². The van der Waals surface area contributed by atoms with Crippen molar-refractivity contribution in [2.45, 2.75) is 74.9 Å². The number of aromatic amines is 2. The van der Waals surface area contributed by atoms with E-state index in [1.54, 1.807) is 11.1 Å². The molecule has 42 heavy (non-hydrogen) atoms. The van der Waals surface area contributed by atoms with Crippen molar-refractivity contribution >= 4 is 11.0 Å². The van der Waals surface area contributed by atoms with E-state index in [0.29, 0.717) is 23.9 Å². The monoisotopic (exact) mass is 552 g/mol. The highest BCUT2D eigenvalue weighted by molar-refractivity contribution is 5.86. The largest absolute Gasteiger partial charge is 0.341 e. The fourth-order valence-corrected chi connectivity index (χ4v) is 8.83. The van der Waals surface area contributed by atoms with E-state index in [1.807, 2.05) is 6.20 Å². The maximum atomic E-state index is 4.92. The van der Waals surface area contributed by atoms with Crippen LogP contribution in [0.2, 0.25) is 0 Å². The van der Waals surface area contributed by atoms with Gasteiger partial charge in [-0.1, -0.05) is 42.5 Å². The number of nitrogens with one attached hydrogen (secondary N) is 4. The molecule has 0 amide bonds. The third kappa shape index (κ3) is 3.64. The van der Waals surface area contributed by atoms with E-state index in [9.17, 15) is 0 Å². The van der Waals surface area contributed by atoms with Gasteiger partial charge in [-0.05, 0) is 120 Å². The SMILES string of the molecule is c1cc(-c2ccc(-c3ccc4nc(C5CCCN5)[nH]c4c3)c3c2C2CCC3C2)ccc1-c1cnc(C2CC3CC3N2)[nH]1. The molecule has 6 nitrogen and oxygen atoms in total. The third-order valence-electron chi connectivity index (χ3n) is 11.0. The first-order chi connectivity index (χ1) is 20.7. The molecule has 6 atom stereocenters. The first kappa shape index (κ1) is 23.8. The zero-order chi connectivity index (χ0) is 27.4. The van der Waals surface area contributed by atoms with Crippen LogP contribution in [-0.4, -0.2) is 32.5 Å². The molecule has 0 radical (unpaired) electrons. The molecule has 2 saturated carbocycles. The molecule has 210 valence electrons. The lowest BCUT2D eigenvalue weighted by molar-refractivity contribution is 0.543. The van der Waals surface area contributed by atoms with Gasteiger partial charge in [-0.25, -0.2) is 9.97 Å². The second-order valence-corrected chi connectivity index (χ2v) is 13.5. The highest BCUT2D eigenvalue weighted by Crippen LogP contribution is 2.58. The molecule has 3 aliphatic carbocycles. The summed E-state index contributed by atoms with van der Waals surface area (Å²) in [7, 11) is 0. The van der Waals surface area contributed by atoms with E-state index in [1.165, 1.54) is 66.3 Å². The van der Waals surface area contributed by atoms with Gasteiger partial charge in [0, 0.05) is 6.04 Å². The Hall–Kier alpha value is -3.74. The van der Waals surface area contributed by atoms with Crippen molar-refractivity contribution in [2.75, 3.05) is 6.54 Å². The molecule has 4 heterocycles. The summed E-state index contributed by atoms with van der Waals surface area (Å²) in [6, 6.07) is 22.2. The van der Waals surface area contributed by atoms with Crippen LogP contribution in [-0.2, 0) is 0 Å². The van der Waals surface area contributed by atoms with Crippen LogP contribution in [0.4, 0.5) is 0 Å². The Balaban J connectivity index is 0.985. The van der Waals surface area contributed by atoms with E-state index in [-0.39, 0.29) is 0 Å². The van der Waals surface area contributed by atoms with Crippen molar-refractivity contribution < 1.29 is 0 Å². The van der Waals surface area contributed by atoms with Crippen LogP contribution in [0.1, 0.15) is 91.6 Å². The van der Waals surface area contributed by atoms with E-state index in [0.717, 1.165) is 53.3 Å². The Morgan fingerprint density at radius 3 is 2.24 bits per heavy atom. The number of fused-ring (bicyclic) bond motifs is 7. The van der Waals surface area contributed by atoms with Crippen LogP contribution < -0.4 is 10.6 Å². The van der Waals surface area contributed by atoms with Crippen molar-refractivity contribution in [1.82, 2.24) is 30.6 Å². The lowest BCUT2D eigenvalue weighted by Gasteiger charge is -2.23. The van der Waals surface area contributed by atoms with Gasteiger partial charge in [-0.2, -0.15) is 0 Å². The fraction of sp³-hybridized carbons (Fsp3) is 0.389. The highest BCUT2D eigenvalue weighted by atomic mass is 15.1. The summed E-state index contributed by atoms with van der Waals surface area (Å²) in [5.41, 5.74) is 13.2. The van der Waals surface area contributed by atoms with Crippen LogP contribution in [0.15, 0.2) is 60.8 Å². The van der Waals surface area contributed by atoms with Gasteiger partial charge < -0.3 is 20.6 Å². The van der Waals surface area contributed by atoms with Crippen LogP contribution in [0, 0.1) is 5.92 Å². The number of piperidine rings is 1. The molecule has 2 bridgehead atoms. The minimum Gasteiger partial charge on any atom is -0.341 e. The molecule has 2 saturated heterocycles. The number of rotatable bonds is 5. The average molecular weight is 553 g/mol. The lowest BCUT2D eigenvalue weighted by atomic mass is 9.81. The van der Waals surface area contributed by atoms with Gasteiger partial charge in [0.05, 0.1) is 35.0 Å². The van der Waals surface area contributed by atoms with Crippen molar-refractivity contribution in [1.29, 1.82) is 0 Å². The van der Waals surface area contributed by atoms with E-state index < -0.39 is 0 Å². The molecule has 2 aromatic heterocycles. The molecule has 0 spiro atoms. The fourth-order valence-electron chi connectivity index (χ4n) is 8.83. The normalized spacial score (nSPS) is 29.0. The average Bonchev–Trinajstić information content (AvgIpc) is 3.77. The van der Waals surface area contributed by atoms with Gasteiger partial charge in [-0.3, -0.25) is 0 Å². The predicted octanol–water partition coefficient (Wildman–Crippen LogP) is 7.50. The number of hydrogen-bond donors (Lipinski definition) is 4. The quantitative estimate of drug-likeness (QED) is 0.182. The number of imidazole rings is 2. The smallest absolute Gasteiger partial charge is 0.124 e. The molecule has 6 unspecified atom stereocenters. The second kappa shape index (κ2) is 8.88. The van der Waals surface area contributed by atoms with Gasteiger partial charge >= 0.3 is 0 Å². The van der Waals surface area contributed by atoms with Crippen LogP contribution in [0.5, 0.6) is 0 Å². The molecule has 4 fully saturated rings. The van der Waals surface area contributed by atoms with Gasteiger partial charge in [0.15, 0.2) is 0 Å². The zero-order valence-corrected chi connectivity index (χ0v) is 23.8. The number of hydrogen-bond acceptors (Lipinski definition) is 4. The summed E-state index contributed by atoms with van der Waals surface area (Å²) in [6.45, 7) is 1.08. The Morgan fingerprint density at radius 2 is 1.48 bits per heavy atom. The first-order valence-electron chi connectivity index (χ1n) is 16.1. The molecule has 10 rings (SSSR count). The van der Waals surface area contributed by atoms with Crippen molar-refractivity contribution in [3.63, 3.8) is 0 Å². The highest BCUT2D eigenvalue weighted by Gasteiger charge is 2.46. The minimum atomic E-state index is 0.358. The maximum Gasteiger partial charge on any atom is 0.124 e. The lowest BCUT2D eigenvalue weighted by Crippen LogP contribution is -2.18. The molecule has 2 aliphatic heterocycles. The molecule has 5 aliphatic rings. The number of aromatic nitrogens is 4. The number of H-pyrrole nitrogens is 2. The van der Waals surface area contributed by atoms with Gasteiger partial charge in [-0.15, -0.1) is 0 Å². The molecule has 6 heteroatoms. The van der Waals surface area contributed by atoms with E-state index in [4.69, 9.17) is 9.97 Å². The number of benzene rings is 3. The summed E-state index contributed by atoms with van der Waals surface area (Å²) >= 11 is 0. The van der Waals surface area contributed by atoms with Gasteiger partial charge in [0.1, 0.15) is 11.6 Å². The summed E-state index contributed by atoms with van der Waals surface area (Å²) in [5, 5.41) is 7.29. The molecular formula is C36H36N6. The van der Waals surface area contributed by atoms with Crippen molar-refractivity contribution in [3.8, 4) is 33.5 Å². The van der Waals surface area contributed by atoms with Crippen LogP contribution >= 0.6 is 0 Å². The summed E-state index contributed by atoms with van der Waals surface area (Å²) in [5.74, 6) is 4.39. The predicted molar refractivity (Wildman–Crippen MR) is 166 cm³/mol. The third-order valence-corrected chi connectivity index (χ3v) is 11.0. The van der Waals surface area contributed by atoms with Crippen molar-refractivity contribution in [3.05, 3.63) is 83.6 Å².